The van der Waals surface area contributed by atoms with E-state index in [0.717, 1.165) is 11.4 Å². The molecule has 0 saturated carbocycles. The van der Waals surface area contributed by atoms with E-state index in [9.17, 15) is 5.11 Å². The lowest BCUT2D eigenvalue weighted by atomic mass is 10.1. The van der Waals surface area contributed by atoms with E-state index in [2.05, 4.69) is 25.2 Å². The number of phenols is 1. The van der Waals surface area contributed by atoms with Crippen LogP contribution in [0.15, 0.2) is 42.5 Å². The van der Waals surface area contributed by atoms with Gasteiger partial charge in [0.05, 0.1) is 0 Å². The molecule has 0 atom stereocenters. The largest absolute Gasteiger partial charge is 0.508 e. The fourth-order valence-electron chi connectivity index (χ4n) is 1.63. The van der Waals surface area contributed by atoms with Crippen LogP contribution in [0.5, 0.6) is 5.75 Å². The number of hydrogen-bond donors (Lipinski definition) is 2. The summed E-state index contributed by atoms with van der Waals surface area (Å²) in [5.74, 6) is 0.273. The summed E-state index contributed by atoms with van der Waals surface area (Å²) in [6, 6.07) is 13.3. The minimum Gasteiger partial charge on any atom is -0.508 e. The third-order valence-corrected chi connectivity index (χ3v) is 2.73. The van der Waals surface area contributed by atoms with Crippen LogP contribution in [-0.2, 0) is 0 Å². The van der Waals surface area contributed by atoms with Crippen molar-refractivity contribution in [3.63, 3.8) is 0 Å². The van der Waals surface area contributed by atoms with Gasteiger partial charge in [0, 0.05) is 17.4 Å². The van der Waals surface area contributed by atoms with Gasteiger partial charge in [-0.25, -0.2) is 0 Å². The van der Waals surface area contributed by atoms with Gasteiger partial charge in [0.15, 0.2) is 0 Å². The highest BCUT2D eigenvalue weighted by Crippen LogP contribution is 2.24. The van der Waals surface area contributed by atoms with Crippen LogP contribution < -0.4 is 5.32 Å². The van der Waals surface area contributed by atoms with Crippen molar-refractivity contribution in [3.05, 3.63) is 53.6 Å². The Morgan fingerprint density at radius 3 is 2.50 bits per heavy atom. The van der Waals surface area contributed by atoms with Crippen LogP contribution in [0.4, 0.5) is 11.4 Å². The van der Waals surface area contributed by atoms with E-state index in [-0.39, 0.29) is 5.75 Å². The molecular formula is C14H15NO. The van der Waals surface area contributed by atoms with E-state index >= 15 is 0 Å². The zero-order chi connectivity index (χ0) is 11.5. The van der Waals surface area contributed by atoms with E-state index in [4.69, 9.17) is 0 Å². The molecule has 0 aliphatic rings. The molecule has 2 aromatic carbocycles. The molecule has 82 valence electrons. The van der Waals surface area contributed by atoms with Crippen LogP contribution in [-0.4, -0.2) is 5.11 Å². The van der Waals surface area contributed by atoms with Gasteiger partial charge >= 0.3 is 0 Å². The van der Waals surface area contributed by atoms with Crippen molar-refractivity contribution < 1.29 is 5.11 Å². The van der Waals surface area contributed by atoms with Crippen molar-refractivity contribution in [3.8, 4) is 5.75 Å². The third-order valence-electron chi connectivity index (χ3n) is 2.73. The van der Waals surface area contributed by atoms with Crippen molar-refractivity contribution in [1.29, 1.82) is 0 Å². The molecule has 2 aromatic rings. The number of phenolic OH excluding ortho intramolecular Hbond substituents is 1. The fourth-order valence-corrected chi connectivity index (χ4v) is 1.63. The number of aromatic hydroxyl groups is 1. The Morgan fingerprint density at radius 2 is 1.75 bits per heavy atom. The predicted molar refractivity (Wildman–Crippen MR) is 67.3 cm³/mol. The maximum absolute atomic E-state index is 9.37. The van der Waals surface area contributed by atoms with Gasteiger partial charge in [0.25, 0.3) is 0 Å². The predicted octanol–water partition coefficient (Wildman–Crippen LogP) is 3.75. The molecule has 0 aliphatic carbocycles. The first-order valence-electron chi connectivity index (χ1n) is 5.29. The van der Waals surface area contributed by atoms with Gasteiger partial charge in [-0.3, -0.25) is 0 Å². The maximum atomic E-state index is 9.37. The second kappa shape index (κ2) is 4.27. The Hall–Kier alpha value is -1.96. The van der Waals surface area contributed by atoms with E-state index in [0.29, 0.717) is 0 Å². The molecule has 2 nitrogen and oxygen atoms in total. The summed E-state index contributed by atoms with van der Waals surface area (Å²) in [4.78, 5) is 0. The molecule has 0 fully saturated rings. The summed E-state index contributed by atoms with van der Waals surface area (Å²) in [6.45, 7) is 4.17. The molecule has 0 saturated heterocycles. The quantitative estimate of drug-likeness (QED) is 0.796. The van der Waals surface area contributed by atoms with Gasteiger partial charge in [-0.05, 0) is 43.2 Å². The summed E-state index contributed by atoms with van der Waals surface area (Å²) in [6.07, 6.45) is 0. The van der Waals surface area contributed by atoms with E-state index in [1.807, 2.05) is 24.3 Å². The van der Waals surface area contributed by atoms with Crippen LogP contribution in [0.1, 0.15) is 11.1 Å². The Balaban J connectivity index is 2.31. The lowest BCUT2D eigenvalue weighted by molar-refractivity contribution is 0.475. The van der Waals surface area contributed by atoms with Gasteiger partial charge in [-0.1, -0.05) is 18.2 Å². The average molecular weight is 213 g/mol. The Labute approximate surface area is 95.6 Å². The van der Waals surface area contributed by atoms with E-state index in [1.54, 1.807) is 12.1 Å². The Kier molecular flexibility index (Phi) is 2.82. The average Bonchev–Trinajstić information content (AvgIpc) is 2.25. The summed E-state index contributed by atoms with van der Waals surface area (Å²) in [5.41, 5.74) is 4.45. The normalized spacial score (nSPS) is 10.1. The number of benzene rings is 2. The lowest BCUT2D eigenvalue weighted by Gasteiger charge is -2.11. The zero-order valence-electron chi connectivity index (χ0n) is 9.49. The number of aryl methyl sites for hydroxylation is 1. The van der Waals surface area contributed by atoms with Crippen molar-refractivity contribution in [2.24, 2.45) is 0 Å². The SMILES string of the molecule is Cc1cccc(Nc2cccc(O)c2)c1C. The molecule has 0 amide bonds. The molecule has 2 N–H and O–H groups in total. The monoisotopic (exact) mass is 213 g/mol. The Bertz CT molecular complexity index is 506. The molecule has 2 rings (SSSR count). The topological polar surface area (TPSA) is 32.3 Å². The second-order valence-electron chi connectivity index (χ2n) is 3.92. The molecule has 0 aliphatic heterocycles. The van der Waals surface area contributed by atoms with E-state index < -0.39 is 0 Å². The maximum Gasteiger partial charge on any atom is 0.117 e. The standard InChI is InChI=1S/C14H15NO/c1-10-5-3-8-14(11(10)2)15-12-6-4-7-13(16)9-12/h3-9,15-16H,1-2H3. The number of anilines is 2. The first kappa shape index (κ1) is 10.6. The van der Waals surface area contributed by atoms with Crippen molar-refractivity contribution in [2.75, 3.05) is 5.32 Å². The third kappa shape index (κ3) is 2.16. The molecular weight excluding hydrogens is 198 g/mol. The van der Waals surface area contributed by atoms with Gasteiger partial charge < -0.3 is 10.4 Å². The van der Waals surface area contributed by atoms with Crippen molar-refractivity contribution >= 4 is 11.4 Å². The minimum absolute atomic E-state index is 0.273. The second-order valence-corrected chi connectivity index (χ2v) is 3.92. The smallest absolute Gasteiger partial charge is 0.117 e. The molecule has 0 spiro atoms. The highest BCUT2D eigenvalue weighted by Gasteiger charge is 2.01. The van der Waals surface area contributed by atoms with Crippen LogP contribution in [0, 0.1) is 13.8 Å². The van der Waals surface area contributed by atoms with Crippen molar-refractivity contribution in [2.45, 2.75) is 13.8 Å². The van der Waals surface area contributed by atoms with Crippen LogP contribution >= 0.6 is 0 Å². The first-order valence-corrected chi connectivity index (χ1v) is 5.29. The van der Waals surface area contributed by atoms with Crippen LogP contribution in [0.2, 0.25) is 0 Å². The molecule has 0 bridgehead atoms. The minimum atomic E-state index is 0.273. The summed E-state index contributed by atoms with van der Waals surface area (Å²) in [7, 11) is 0. The van der Waals surface area contributed by atoms with Crippen LogP contribution in [0.3, 0.4) is 0 Å². The van der Waals surface area contributed by atoms with Gasteiger partial charge in [0.1, 0.15) is 5.75 Å². The molecule has 0 aromatic heterocycles. The summed E-state index contributed by atoms with van der Waals surface area (Å²) in [5, 5.41) is 12.7. The van der Waals surface area contributed by atoms with Gasteiger partial charge in [-0.2, -0.15) is 0 Å². The number of rotatable bonds is 2. The lowest BCUT2D eigenvalue weighted by Crippen LogP contribution is -1.94. The van der Waals surface area contributed by atoms with Crippen molar-refractivity contribution in [1.82, 2.24) is 0 Å². The highest BCUT2D eigenvalue weighted by molar-refractivity contribution is 5.65. The molecule has 0 radical (unpaired) electrons. The molecule has 16 heavy (non-hydrogen) atoms. The molecule has 0 unspecified atom stereocenters. The number of hydrogen-bond acceptors (Lipinski definition) is 2. The zero-order valence-corrected chi connectivity index (χ0v) is 9.49. The van der Waals surface area contributed by atoms with Gasteiger partial charge in [0.2, 0.25) is 0 Å². The van der Waals surface area contributed by atoms with Gasteiger partial charge in [-0.15, -0.1) is 0 Å². The summed E-state index contributed by atoms with van der Waals surface area (Å²) >= 11 is 0. The highest BCUT2D eigenvalue weighted by atomic mass is 16.3. The fraction of sp³-hybridized carbons (Fsp3) is 0.143. The van der Waals surface area contributed by atoms with E-state index in [1.165, 1.54) is 11.1 Å². The Morgan fingerprint density at radius 1 is 1.00 bits per heavy atom. The molecule has 2 heteroatoms. The molecule has 0 heterocycles. The number of nitrogens with one attached hydrogen (secondary N) is 1. The van der Waals surface area contributed by atoms with Crippen LogP contribution in [0.25, 0.3) is 0 Å². The first-order chi connectivity index (χ1) is 7.66. The summed E-state index contributed by atoms with van der Waals surface area (Å²) < 4.78 is 0.